The molecule has 134 valence electrons. The van der Waals surface area contributed by atoms with Gasteiger partial charge in [0.25, 0.3) is 0 Å². The molecule has 0 spiro atoms. The summed E-state index contributed by atoms with van der Waals surface area (Å²) in [5, 5.41) is 23.8. The minimum Gasteiger partial charge on any atom is -0.507 e. The van der Waals surface area contributed by atoms with Gasteiger partial charge in [0.1, 0.15) is 11.5 Å². The van der Waals surface area contributed by atoms with Crippen molar-refractivity contribution in [3.8, 4) is 34.1 Å². The second kappa shape index (κ2) is 6.35. The van der Waals surface area contributed by atoms with Crippen LogP contribution >= 0.6 is 0 Å². The van der Waals surface area contributed by atoms with Crippen LogP contribution in [0.4, 0.5) is 0 Å². The van der Waals surface area contributed by atoms with Crippen LogP contribution in [-0.4, -0.2) is 20.2 Å². The fourth-order valence-corrected chi connectivity index (χ4v) is 3.55. The van der Waals surface area contributed by atoms with Gasteiger partial charge in [0.2, 0.25) is 0 Å². The van der Waals surface area contributed by atoms with Crippen LogP contribution in [0.15, 0.2) is 84.9 Å². The summed E-state index contributed by atoms with van der Waals surface area (Å²) in [4.78, 5) is 9.50. The van der Waals surface area contributed by atoms with Gasteiger partial charge in [-0.2, -0.15) is 0 Å². The first-order valence-corrected chi connectivity index (χ1v) is 8.98. The van der Waals surface area contributed by atoms with Crippen LogP contribution in [0.5, 0.6) is 11.5 Å². The molecule has 4 aromatic carbocycles. The lowest BCUT2D eigenvalue weighted by Crippen LogP contribution is -1.96. The van der Waals surface area contributed by atoms with Gasteiger partial charge < -0.3 is 10.2 Å². The summed E-state index contributed by atoms with van der Waals surface area (Å²) >= 11 is 0. The second-order valence-electron chi connectivity index (χ2n) is 6.61. The van der Waals surface area contributed by atoms with Gasteiger partial charge in [-0.05, 0) is 41.1 Å². The molecule has 1 heterocycles. The lowest BCUT2D eigenvalue weighted by molar-refractivity contribution is 0.477. The highest BCUT2D eigenvalue weighted by Crippen LogP contribution is 2.38. The third-order valence-corrected chi connectivity index (χ3v) is 4.89. The molecule has 4 heteroatoms. The first-order valence-electron chi connectivity index (χ1n) is 8.98. The Hall–Kier alpha value is -3.92. The van der Waals surface area contributed by atoms with Gasteiger partial charge >= 0.3 is 0 Å². The monoisotopic (exact) mass is 364 g/mol. The van der Waals surface area contributed by atoms with Crippen molar-refractivity contribution in [1.82, 2.24) is 9.97 Å². The van der Waals surface area contributed by atoms with Crippen molar-refractivity contribution < 1.29 is 10.2 Å². The van der Waals surface area contributed by atoms with Crippen molar-refractivity contribution in [1.29, 1.82) is 0 Å². The largest absolute Gasteiger partial charge is 0.507 e. The average molecular weight is 364 g/mol. The van der Waals surface area contributed by atoms with Gasteiger partial charge in [0, 0.05) is 10.9 Å². The van der Waals surface area contributed by atoms with E-state index in [0.717, 1.165) is 21.7 Å². The second-order valence-corrected chi connectivity index (χ2v) is 6.61. The van der Waals surface area contributed by atoms with Gasteiger partial charge in [0.15, 0.2) is 5.82 Å². The van der Waals surface area contributed by atoms with Crippen molar-refractivity contribution in [3.63, 3.8) is 0 Å². The van der Waals surface area contributed by atoms with E-state index in [4.69, 9.17) is 9.97 Å². The maximum Gasteiger partial charge on any atom is 0.164 e. The first-order chi connectivity index (χ1) is 13.7. The van der Waals surface area contributed by atoms with Crippen LogP contribution in [0.1, 0.15) is 0 Å². The molecule has 0 aliphatic heterocycles. The number of fused-ring (bicyclic) bond motifs is 3. The number of hydrogen-bond acceptors (Lipinski definition) is 4. The molecule has 0 fully saturated rings. The number of aromatic nitrogens is 2. The summed E-state index contributed by atoms with van der Waals surface area (Å²) in [5.41, 5.74) is 2.57. The standard InChI is InChI=1S/C24H16N2O2/c27-20-11-5-3-9-17(20)23-22-16-8-2-1-7-15(16)13-14-19(22)25-24(26-23)18-10-4-6-12-21(18)28/h1-14,27-28H. The maximum atomic E-state index is 10.5. The third-order valence-electron chi connectivity index (χ3n) is 4.89. The molecule has 28 heavy (non-hydrogen) atoms. The predicted octanol–water partition coefficient (Wildman–Crippen LogP) is 5.53. The minimum absolute atomic E-state index is 0.117. The van der Waals surface area contributed by atoms with Crippen molar-refractivity contribution in [3.05, 3.63) is 84.9 Å². The highest BCUT2D eigenvalue weighted by atomic mass is 16.3. The summed E-state index contributed by atoms with van der Waals surface area (Å²) < 4.78 is 0. The Morgan fingerprint density at radius 2 is 1.21 bits per heavy atom. The molecule has 5 rings (SSSR count). The molecule has 0 saturated heterocycles. The van der Waals surface area contributed by atoms with E-state index in [0.29, 0.717) is 22.6 Å². The van der Waals surface area contributed by atoms with E-state index in [1.807, 2.05) is 54.6 Å². The van der Waals surface area contributed by atoms with Crippen LogP contribution in [0, 0.1) is 0 Å². The molecule has 0 radical (unpaired) electrons. The number of benzene rings is 4. The van der Waals surface area contributed by atoms with Crippen molar-refractivity contribution >= 4 is 21.7 Å². The maximum absolute atomic E-state index is 10.5. The van der Waals surface area contributed by atoms with E-state index < -0.39 is 0 Å². The van der Waals surface area contributed by atoms with E-state index in [1.54, 1.807) is 30.3 Å². The summed E-state index contributed by atoms with van der Waals surface area (Å²) in [6, 6.07) is 26.2. The molecular formula is C24H16N2O2. The van der Waals surface area contributed by atoms with Crippen molar-refractivity contribution in [2.75, 3.05) is 0 Å². The van der Waals surface area contributed by atoms with Gasteiger partial charge in [-0.15, -0.1) is 0 Å². The number of phenolic OH excluding ortho intramolecular Hbond substituents is 2. The van der Waals surface area contributed by atoms with Gasteiger partial charge in [-0.25, -0.2) is 9.97 Å². The third kappa shape index (κ3) is 2.55. The van der Waals surface area contributed by atoms with Crippen molar-refractivity contribution in [2.45, 2.75) is 0 Å². The van der Waals surface area contributed by atoms with Crippen molar-refractivity contribution in [2.24, 2.45) is 0 Å². The normalized spacial score (nSPS) is 11.1. The van der Waals surface area contributed by atoms with Gasteiger partial charge in [-0.3, -0.25) is 0 Å². The van der Waals surface area contributed by atoms with E-state index in [-0.39, 0.29) is 11.5 Å². The minimum atomic E-state index is 0.117. The summed E-state index contributed by atoms with van der Waals surface area (Å²) in [6.45, 7) is 0. The molecule has 4 nitrogen and oxygen atoms in total. The quantitative estimate of drug-likeness (QED) is 0.404. The Labute approximate surface area is 161 Å². The molecule has 0 aliphatic rings. The number of rotatable bonds is 2. The molecule has 1 aromatic heterocycles. The number of hydrogen-bond donors (Lipinski definition) is 2. The molecule has 0 aliphatic carbocycles. The van der Waals surface area contributed by atoms with E-state index in [9.17, 15) is 10.2 Å². The Balaban J connectivity index is 1.94. The fraction of sp³-hybridized carbons (Fsp3) is 0. The van der Waals surface area contributed by atoms with E-state index in [2.05, 4.69) is 0 Å². The topological polar surface area (TPSA) is 66.2 Å². The molecule has 0 amide bonds. The summed E-state index contributed by atoms with van der Waals surface area (Å²) in [6.07, 6.45) is 0. The van der Waals surface area contributed by atoms with Crippen LogP contribution in [-0.2, 0) is 0 Å². The zero-order chi connectivity index (χ0) is 19.1. The summed E-state index contributed by atoms with van der Waals surface area (Å²) in [7, 11) is 0. The molecule has 2 N–H and O–H groups in total. The van der Waals surface area contributed by atoms with Crippen LogP contribution in [0.25, 0.3) is 44.3 Å². The molecular weight excluding hydrogens is 348 g/mol. The predicted molar refractivity (Wildman–Crippen MR) is 111 cm³/mol. The molecule has 0 atom stereocenters. The fourth-order valence-electron chi connectivity index (χ4n) is 3.55. The van der Waals surface area contributed by atoms with Crippen LogP contribution in [0.3, 0.4) is 0 Å². The lowest BCUT2D eigenvalue weighted by Gasteiger charge is -2.13. The highest BCUT2D eigenvalue weighted by molar-refractivity contribution is 6.12. The molecule has 5 aromatic rings. The van der Waals surface area contributed by atoms with Gasteiger partial charge in [0.05, 0.1) is 16.8 Å². The number of para-hydroxylation sites is 2. The molecule has 0 bridgehead atoms. The zero-order valence-corrected chi connectivity index (χ0v) is 14.9. The Bertz CT molecular complexity index is 1350. The zero-order valence-electron chi connectivity index (χ0n) is 14.9. The smallest absolute Gasteiger partial charge is 0.164 e. The SMILES string of the molecule is Oc1ccccc1-c1nc(-c2ccccc2O)c2c(ccc3ccccc32)n1. The molecule has 0 saturated carbocycles. The number of nitrogens with zero attached hydrogens (tertiary/aromatic N) is 2. The van der Waals surface area contributed by atoms with Crippen LogP contribution < -0.4 is 0 Å². The van der Waals surface area contributed by atoms with Gasteiger partial charge in [-0.1, -0.05) is 54.6 Å². The lowest BCUT2D eigenvalue weighted by atomic mass is 9.99. The number of phenols is 2. The van der Waals surface area contributed by atoms with Crippen LogP contribution in [0.2, 0.25) is 0 Å². The first kappa shape index (κ1) is 16.3. The average Bonchev–Trinajstić information content (AvgIpc) is 2.73. The highest BCUT2D eigenvalue weighted by Gasteiger charge is 2.17. The number of aromatic hydroxyl groups is 2. The Kier molecular flexibility index (Phi) is 3.69. The Morgan fingerprint density at radius 3 is 1.96 bits per heavy atom. The molecule has 0 unspecified atom stereocenters. The summed E-state index contributed by atoms with van der Waals surface area (Å²) in [5.74, 6) is 0.684. The van der Waals surface area contributed by atoms with E-state index >= 15 is 0 Å². The van der Waals surface area contributed by atoms with E-state index in [1.165, 1.54) is 0 Å². The Morgan fingerprint density at radius 1 is 0.571 bits per heavy atom.